The summed E-state index contributed by atoms with van der Waals surface area (Å²) in [6.45, 7) is 1.86. The molecule has 3 N–H and O–H groups in total. The maximum atomic E-state index is 12.0. The molecule has 0 fully saturated rings. The number of carbonyl (C=O) groups excluding carboxylic acids is 2. The molecule has 2 aromatic heterocycles. The van der Waals surface area contributed by atoms with Crippen molar-refractivity contribution < 1.29 is 18.8 Å². The maximum Gasteiger partial charge on any atom is 0.412 e. The quantitative estimate of drug-likeness (QED) is 0.350. The molecule has 4 aromatic rings. The SMILES string of the molecule is Cc1onc(-c2ccccc2)c1-c1[nH]nc2c1Cc1cc(C(=O)OC(N)=O)ccc1-2. The van der Waals surface area contributed by atoms with Gasteiger partial charge in [0.05, 0.1) is 22.5 Å². The Kier molecular flexibility index (Phi) is 3.99. The molecule has 0 spiro atoms. The predicted octanol–water partition coefficient (Wildman–Crippen LogP) is 3.85. The van der Waals surface area contributed by atoms with Gasteiger partial charge in [0.1, 0.15) is 11.5 Å². The maximum absolute atomic E-state index is 12.0. The number of nitrogens with one attached hydrogen (secondary N) is 1. The molecule has 0 saturated heterocycles. The molecule has 0 saturated carbocycles. The Bertz CT molecular complexity index is 1300. The highest BCUT2D eigenvalue weighted by Gasteiger charge is 2.29. The van der Waals surface area contributed by atoms with Gasteiger partial charge < -0.3 is 15.0 Å². The van der Waals surface area contributed by atoms with Crippen LogP contribution in [-0.2, 0) is 11.2 Å². The summed E-state index contributed by atoms with van der Waals surface area (Å²) < 4.78 is 9.97. The highest BCUT2D eigenvalue weighted by molar-refractivity contribution is 5.97. The third-order valence-electron chi connectivity index (χ3n) is 5.18. The van der Waals surface area contributed by atoms with Crippen LogP contribution in [-0.4, -0.2) is 27.4 Å². The van der Waals surface area contributed by atoms with Gasteiger partial charge in [-0.2, -0.15) is 5.10 Å². The third kappa shape index (κ3) is 2.77. The first-order valence-corrected chi connectivity index (χ1v) is 9.27. The Morgan fingerprint density at radius 1 is 1.13 bits per heavy atom. The first-order valence-electron chi connectivity index (χ1n) is 9.27. The van der Waals surface area contributed by atoms with Crippen molar-refractivity contribution in [2.75, 3.05) is 0 Å². The number of hydrogen-bond donors (Lipinski definition) is 2. The van der Waals surface area contributed by atoms with Gasteiger partial charge in [0.2, 0.25) is 0 Å². The number of esters is 1. The monoisotopic (exact) mass is 400 g/mol. The molecular formula is C22H16N4O4. The van der Waals surface area contributed by atoms with Crippen LogP contribution in [0, 0.1) is 6.92 Å². The fraction of sp³-hybridized carbons (Fsp3) is 0.0909. The lowest BCUT2D eigenvalue weighted by atomic mass is 10.00. The number of aromatic nitrogens is 3. The average Bonchev–Trinajstić information content (AvgIpc) is 3.40. The zero-order valence-corrected chi connectivity index (χ0v) is 15.9. The number of aromatic amines is 1. The standard InChI is InChI=1S/C22H16N4O4/c1-11-17(18(26-30-11)12-5-3-2-4-6-12)20-16-10-14-9-13(21(27)29-22(23)28)7-8-15(14)19(16)24-25-20/h2-9H,10H2,1H3,(H2,23,28)(H,24,25). The second-order valence-electron chi connectivity index (χ2n) is 7.01. The zero-order chi connectivity index (χ0) is 20.8. The van der Waals surface area contributed by atoms with Gasteiger partial charge in [-0.3, -0.25) is 5.10 Å². The molecular weight excluding hydrogens is 384 g/mol. The van der Waals surface area contributed by atoms with Crippen LogP contribution in [0.4, 0.5) is 4.79 Å². The van der Waals surface area contributed by atoms with Crippen molar-refractivity contribution in [3.63, 3.8) is 0 Å². The van der Waals surface area contributed by atoms with Crippen molar-refractivity contribution in [2.24, 2.45) is 5.73 Å². The van der Waals surface area contributed by atoms with Crippen LogP contribution < -0.4 is 5.73 Å². The molecule has 1 aliphatic carbocycles. The summed E-state index contributed by atoms with van der Waals surface area (Å²) in [6.07, 6.45) is -0.570. The van der Waals surface area contributed by atoms with Crippen molar-refractivity contribution in [1.82, 2.24) is 15.4 Å². The number of fused-ring (bicyclic) bond motifs is 3. The molecule has 5 rings (SSSR count). The Hall–Kier alpha value is -4.20. The largest absolute Gasteiger partial charge is 0.412 e. The van der Waals surface area contributed by atoms with Gasteiger partial charge in [0.15, 0.2) is 0 Å². The molecule has 8 nitrogen and oxygen atoms in total. The topological polar surface area (TPSA) is 124 Å². The normalized spacial score (nSPS) is 11.8. The van der Waals surface area contributed by atoms with E-state index < -0.39 is 12.1 Å². The Labute approximate surface area is 170 Å². The number of benzene rings is 2. The molecule has 0 atom stereocenters. The summed E-state index contributed by atoms with van der Waals surface area (Å²) in [6, 6.07) is 14.9. The number of amides is 1. The number of H-pyrrole nitrogens is 1. The molecule has 2 aromatic carbocycles. The number of nitrogens with zero attached hydrogens (tertiary/aromatic N) is 2. The lowest BCUT2D eigenvalue weighted by Gasteiger charge is -2.04. The summed E-state index contributed by atoms with van der Waals surface area (Å²) in [5.41, 5.74) is 12.2. The second kappa shape index (κ2) is 6.70. The lowest BCUT2D eigenvalue weighted by molar-refractivity contribution is 0.0638. The van der Waals surface area contributed by atoms with Gasteiger partial charge >= 0.3 is 12.1 Å². The van der Waals surface area contributed by atoms with E-state index >= 15 is 0 Å². The van der Waals surface area contributed by atoms with E-state index in [4.69, 9.17) is 10.3 Å². The average molecular weight is 400 g/mol. The van der Waals surface area contributed by atoms with Crippen molar-refractivity contribution in [1.29, 1.82) is 0 Å². The highest BCUT2D eigenvalue weighted by Crippen LogP contribution is 2.43. The molecule has 0 aliphatic heterocycles. The molecule has 30 heavy (non-hydrogen) atoms. The summed E-state index contributed by atoms with van der Waals surface area (Å²) >= 11 is 0. The van der Waals surface area contributed by atoms with E-state index in [1.165, 1.54) is 0 Å². The summed E-state index contributed by atoms with van der Waals surface area (Å²) in [5.74, 6) is -0.0974. The predicted molar refractivity (Wildman–Crippen MR) is 107 cm³/mol. The van der Waals surface area contributed by atoms with Gasteiger partial charge in [-0.1, -0.05) is 41.6 Å². The van der Waals surface area contributed by atoms with Crippen LogP contribution in [0.1, 0.15) is 27.2 Å². The minimum absolute atomic E-state index is 0.259. The molecule has 0 bridgehead atoms. The minimum atomic E-state index is -1.13. The number of ether oxygens (including phenoxy) is 1. The van der Waals surface area contributed by atoms with Crippen LogP contribution in [0.25, 0.3) is 33.8 Å². The number of nitrogens with two attached hydrogens (primary N) is 1. The van der Waals surface area contributed by atoms with Gasteiger partial charge in [-0.25, -0.2) is 9.59 Å². The number of rotatable bonds is 3. The first kappa shape index (κ1) is 17.9. The number of carbonyl (C=O) groups is 2. The fourth-order valence-electron chi connectivity index (χ4n) is 3.87. The number of aryl methyl sites for hydroxylation is 1. The number of hydrogen-bond acceptors (Lipinski definition) is 6. The van der Waals surface area contributed by atoms with Gasteiger partial charge in [0, 0.05) is 23.1 Å². The summed E-state index contributed by atoms with van der Waals surface area (Å²) in [7, 11) is 0. The molecule has 0 radical (unpaired) electrons. The van der Waals surface area contributed by atoms with E-state index in [0.29, 0.717) is 12.2 Å². The van der Waals surface area contributed by atoms with Crippen LogP contribution >= 0.6 is 0 Å². The van der Waals surface area contributed by atoms with E-state index in [-0.39, 0.29) is 5.56 Å². The Morgan fingerprint density at radius 2 is 1.93 bits per heavy atom. The summed E-state index contributed by atoms with van der Waals surface area (Å²) in [4.78, 5) is 22.9. The smallest absolute Gasteiger partial charge is 0.373 e. The second-order valence-corrected chi connectivity index (χ2v) is 7.01. The first-order chi connectivity index (χ1) is 14.5. The van der Waals surface area contributed by atoms with Crippen LogP contribution in [0.2, 0.25) is 0 Å². The van der Waals surface area contributed by atoms with Gasteiger partial charge in [-0.15, -0.1) is 0 Å². The van der Waals surface area contributed by atoms with Gasteiger partial charge in [-0.05, 0) is 24.6 Å². The molecule has 148 valence electrons. The van der Waals surface area contributed by atoms with E-state index in [1.54, 1.807) is 18.2 Å². The molecule has 1 amide bonds. The number of primary amides is 1. The van der Waals surface area contributed by atoms with Crippen molar-refractivity contribution in [2.45, 2.75) is 13.3 Å². The highest BCUT2D eigenvalue weighted by atomic mass is 16.6. The van der Waals surface area contributed by atoms with Crippen molar-refractivity contribution in [3.8, 4) is 33.8 Å². The molecule has 1 aliphatic rings. The third-order valence-corrected chi connectivity index (χ3v) is 5.18. The molecule has 2 heterocycles. The van der Waals surface area contributed by atoms with Gasteiger partial charge in [0.25, 0.3) is 0 Å². The Balaban J connectivity index is 1.56. The Morgan fingerprint density at radius 3 is 2.70 bits per heavy atom. The zero-order valence-electron chi connectivity index (χ0n) is 15.9. The van der Waals surface area contributed by atoms with E-state index in [2.05, 4.69) is 20.1 Å². The van der Waals surface area contributed by atoms with Crippen molar-refractivity contribution >= 4 is 12.1 Å². The van der Waals surface area contributed by atoms with Crippen LogP contribution in [0.5, 0.6) is 0 Å². The summed E-state index contributed by atoms with van der Waals surface area (Å²) in [5, 5.41) is 11.9. The van der Waals surface area contributed by atoms with Crippen molar-refractivity contribution in [3.05, 3.63) is 71.0 Å². The van der Waals surface area contributed by atoms with E-state index in [9.17, 15) is 9.59 Å². The minimum Gasteiger partial charge on any atom is -0.373 e. The molecule has 8 heteroatoms. The fourth-order valence-corrected chi connectivity index (χ4v) is 3.87. The molecule has 0 unspecified atom stereocenters. The van der Waals surface area contributed by atoms with E-state index in [1.807, 2.05) is 37.3 Å². The van der Waals surface area contributed by atoms with Crippen LogP contribution in [0.3, 0.4) is 0 Å². The van der Waals surface area contributed by atoms with Crippen LogP contribution in [0.15, 0.2) is 53.1 Å². The lowest BCUT2D eigenvalue weighted by Crippen LogP contribution is -2.18. The van der Waals surface area contributed by atoms with E-state index in [0.717, 1.165) is 44.9 Å².